The summed E-state index contributed by atoms with van der Waals surface area (Å²) in [6.07, 6.45) is 1.45. The van der Waals surface area contributed by atoms with Gasteiger partial charge in [-0.15, -0.1) is 0 Å². The number of aryl methyl sites for hydroxylation is 2. The van der Waals surface area contributed by atoms with E-state index in [1.165, 1.54) is 6.07 Å². The number of nitrogens with one attached hydrogen (secondary N) is 1. The van der Waals surface area contributed by atoms with Crippen molar-refractivity contribution in [1.29, 1.82) is 0 Å². The zero-order chi connectivity index (χ0) is 14.7. The average Bonchev–Trinajstić information content (AvgIpc) is 2.66. The van der Waals surface area contributed by atoms with E-state index in [0.717, 1.165) is 27.8 Å². The summed E-state index contributed by atoms with van der Waals surface area (Å²) in [6.45, 7) is 1.97. The molecule has 3 nitrogen and oxygen atoms in total. The van der Waals surface area contributed by atoms with Crippen molar-refractivity contribution in [3.05, 3.63) is 51.5 Å². The van der Waals surface area contributed by atoms with Crippen molar-refractivity contribution >= 4 is 15.9 Å². The molecule has 2 rings (SSSR count). The zero-order valence-corrected chi connectivity index (χ0v) is 13.5. The molecule has 5 heteroatoms. The number of benzene rings is 1. The van der Waals surface area contributed by atoms with Gasteiger partial charge in [0.05, 0.1) is 15.9 Å². The fraction of sp³-hybridized carbons (Fsp3) is 0.400. The molecule has 108 valence electrons. The van der Waals surface area contributed by atoms with Gasteiger partial charge in [-0.2, -0.15) is 5.10 Å². The summed E-state index contributed by atoms with van der Waals surface area (Å²) >= 11 is 3.57. The van der Waals surface area contributed by atoms with Gasteiger partial charge in [-0.3, -0.25) is 4.68 Å². The van der Waals surface area contributed by atoms with E-state index < -0.39 is 0 Å². The first-order valence-corrected chi connectivity index (χ1v) is 7.41. The van der Waals surface area contributed by atoms with Crippen LogP contribution in [-0.4, -0.2) is 22.9 Å². The van der Waals surface area contributed by atoms with Crippen molar-refractivity contribution in [3.8, 4) is 0 Å². The van der Waals surface area contributed by atoms with E-state index >= 15 is 0 Å². The minimum Gasteiger partial charge on any atom is -0.316 e. The van der Waals surface area contributed by atoms with Crippen molar-refractivity contribution in [3.63, 3.8) is 0 Å². The molecule has 1 aromatic heterocycles. The topological polar surface area (TPSA) is 29.9 Å². The molecule has 0 aliphatic heterocycles. The molecule has 1 heterocycles. The van der Waals surface area contributed by atoms with Crippen molar-refractivity contribution in [2.45, 2.75) is 25.8 Å². The maximum atomic E-state index is 13.7. The molecule has 20 heavy (non-hydrogen) atoms. The van der Waals surface area contributed by atoms with Crippen LogP contribution in [0, 0.1) is 12.7 Å². The number of likely N-dealkylation sites (N-methyl/N-ethyl adjacent to an activating group) is 1. The quantitative estimate of drug-likeness (QED) is 0.907. The Balaban J connectivity index is 2.15. The Hall–Kier alpha value is -1.20. The third kappa shape index (κ3) is 3.27. The number of aromatic nitrogens is 2. The van der Waals surface area contributed by atoms with E-state index in [-0.39, 0.29) is 11.9 Å². The van der Waals surface area contributed by atoms with Gasteiger partial charge in [0.1, 0.15) is 5.82 Å². The molecule has 1 aromatic carbocycles. The molecule has 0 spiro atoms. The van der Waals surface area contributed by atoms with Crippen molar-refractivity contribution in [2.24, 2.45) is 7.05 Å². The normalized spacial score (nSPS) is 12.7. The SMILES string of the molecule is CNC(Cc1ccccc1F)Cc1c(Br)c(C)nn1C. The molecule has 0 fully saturated rings. The Kier molecular flexibility index (Phi) is 4.94. The van der Waals surface area contributed by atoms with Crippen LogP contribution < -0.4 is 5.32 Å². The van der Waals surface area contributed by atoms with Crippen LogP contribution in [0.2, 0.25) is 0 Å². The van der Waals surface area contributed by atoms with Crippen molar-refractivity contribution in [1.82, 2.24) is 15.1 Å². The summed E-state index contributed by atoms with van der Waals surface area (Å²) in [4.78, 5) is 0. The van der Waals surface area contributed by atoms with E-state index in [9.17, 15) is 4.39 Å². The van der Waals surface area contributed by atoms with Gasteiger partial charge >= 0.3 is 0 Å². The number of hydrogen-bond acceptors (Lipinski definition) is 2. The fourth-order valence-corrected chi connectivity index (χ4v) is 2.84. The lowest BCUT2D eigenvalue weighted by Gasteiger charge is -2.17. The van der Waals surface area contributed by atoms with Gasteiger partial charge in [-0.05, 0) is 48.0 Å². The molecule has 1 N–H and O–H groups in total. The molecular formula is C15H19BrFN3. The Morgan fingerprint density at radius 1 is 1.35 bits per heavy atom. The number of nitrogens with zero attached hydrogens (tertiary/aromatic N) is 2. The fourth-order valence-electron chi connectivity index (χ4n) is 2.34. The predicted octanol–water partition coefficient (Wildman–Crippen LogP) is 3.00. The van der Waals surface area contributed by atoms with Gasteiger partial charge in [0, 0.05) is 19.5 Å². The van der Waals surface area contributed by atoms with Crippen LogP contribution in [0.1, 0.15) is 17.0 Å². The molecule has 1 unspecified atom stereocenters. The third-order valence-corrected chi connectivity index (χ3v) is 4.57. The van der Waals surface area contributed by atoms with Crippen LogP contribution in [0.15, 0.2) is 28.7 Å². The molecule has 2 aromatic rings. The lowest BCUT2D eigenvalue weighted by atomic mass is 10.0. The molecule has 0 aliphatic rings. The first-order chi connectivity index (χ1) is 9.52. The minimum atomic E-state index is -0.145. The van der Waals surface area contributed by atoms with Gasteiger partial charge < -0.3 is 5.32 Å². The molecule has 0 aliphatic carbocycles. The second-order valence-corrected chi connectivity index (χ2v) is 5.75. The van der Waals surface area contributed by atoms with E-state index in [1.54, 1.807) is 6.07 Å². The van der Waals surface area contributed by atoms with Gasteiger partial charge in [-0.25, -0.2) is 4.39 Å². The van der Waals surface area contributed by atoms with Gasteiger partial charge in [-0.1, -0.05) is 18.2 Å². The lowest BCUT2D eigenvalue weighted by molar-refractivity contribution is 0.515. The molecule has 0 bridgehead atoms. The molecule has 0 saturated carbocycles. The van der Waals surface area contributed by atoms with Crippen LogP contribution in [0.4, 0.5) is 4.39 Å². The largest absolute Gasteiger partial charge is 0.316 e. The van der Waals surface area contributed by atoms with Gasteiger partial charge in [0.2, 0.25) is 0 Å². The zero-order valence-electron chi connectivity index (χ0n) is 12.0. The highest BCUT2D eigenvalue weighted by molar-refractivity contribution is 9.10. The van der Waals surface area contributed by atoms with Gasteiger partial charge in [0.15, 0.2) is 0 Å². The monoisotopic (exact) mass is 339 g/mol. The van der Waals surface area contributed by atoms with Crippen LogP contribution in [0.3, 0.4) is 0 Å². The summed E-state index contributed by atoms with van der Waals surface area (Å²) < 4.78 is 16.6. The Bertz CT molecular complexity index is 595. The Morgan fingerprint density at radius 3 is 2.60 bits per heavy atom. The lowest BCUT2D eigenvalue weighted by Crippen LogP contribution is -2.31. The number of rotatable bonds is 5. The first-order valence-electron chi connectivity index (χ1n) is 6.61. The third-order valence-electron chi connectivity index (χ3n) is 3.53. The summed E-state index contributed by atoms with van der Waals surface area (Å²) in [6, 6.07) is 7.09. The predicted molar refractivity (Wildman–Crippen MR) is 82.3 cm³/mol. The summed E-state index contributed by atoms with van der Waals surface area (Å²) in [5.41, 5.74) is 2.84. The van der Waals surface area contributed by atoms with E-state index in [0.29, 0.717) is 6.42 Å². The van der Waals surface area contributed by atoms with Crippen molar-refractivity contribution in [2.75, 3.05) is 7.05 Å². The van der Waals surface area contributed by atoms with Gasteiger partial charge in [0.25, 0.3) is 0 Å². The smallest absolute Gasteiger partial charge is 0.126 e. The molecular weight excluding hydrogens is 321 g/mol. The Labute approximate surface area is 127 Å². The maximum Gasteiger partial charge on any atom is 0.126 e. The highest BCUT2D eigenvalue weighted by Gasteiger charge is 2.17. The maximum absolute atomic E-state index is 13.7. The second kappa shape index (κ2) is 6.50. The highest BCUT2D eigenvalue weighted by atomic mass is 79.9. The first kappa shape index (κ1) is 15.2. The highest BCUT2D eigenvalue weighted by Crippen LogP contribution is 2.22. The molecule has 0 radical (unpaired) electrons. The number of halogens is 2. The van der Waals surface area contributed by atoms with Crippen LogP contribution in [0.25, 0.3) is 0 Å². The summed E-state index contributed by atoms with van der Waals surface area (Å²) in [5, 5.41) is 7.65. The molecule has 1 atom stereocenters. The molecule has 0 saturated heterocycles. The van der Waals surface area contributed by atoms with Crippen LogP contribution in [0.5, 0.6) is 0 Å². The standard InChI is InChI=1S/C15H19BrFN3/c1-10-15(16)14(20(3)19-10)9-12(18-2)8-11-6-4-5-7-13(11)17/h4-7,12,18H,8-9H2,1-3H3. The summed E-state index contributed by atoms with van der Waals surface area (Å²) in [7, 11) is 3.84. The van der Waals surface area contributed by atoms with E-state index in [1.807, 2.05) is 37.8 Å². The second-order valence-electron chi connectivity index (χ2n) is 4.95. The molecule has 0 amide bonds. The van der Waals surface area contributed by atoms with Crippen LogP contribution in [-0.2, 0) is 19.9 Å². The van der Waals surface area contributed by atoms with E-state index in [2.05, 4.69) is 26.3 Å². The number of hydrogen-bond donors (Lipinski definition) is 1. The van der Waals surface area contributed by atoms with Crippen molar-refractivity contribution < 1.29 is 4.39 Å². The summed E-state index contributed by atoms with van der Waals surface area (Å²) in [5.74, 6) is -0.145. The minimum absolute atomic E-state index is 0.145. The van der Waals surface area contributed by atoms with Crippen LogP contribution >= 0.6 is 15.9 Å². The Morgan fingerprint density at radius 2 is 2.05 bits per heavy atom. The van der Waals surface area contributed by atoms with E-state index in [4.69, 9.17) is 0 Å². The average molecular weight is 340 g/mol.